The molecule has 0 aliphatic carbocycles. The second kappa shape index (κ2) is 5.89. The molecule has 1 unspecified atom stereocenters. The highest BCUT2D eigenvalue weighted by Gasteiger charge is 2.03. The number of hydrogen-bond acceptors (Lipinski definition) is 2. The van der Waals surface area contributed by atoms with Crippen LogP contribution in [-0.2, 0) is 0 Å². The van der Waals surface area contributed by atoms with Gasteiger partial charge in [0.05, 0.1) is 0 Å². The summed E-state index contributed by atoms with van der Waals surface area (Å²) in [5.74, 6) is 0.314. The molecular formula is C11H16ClNO. The van der Waals surface area contributed by atoms with Crippen LogP contribution in [-0.4, -0.2) is 18.3 Å². The summed E-state index contributed by atoms with van der Waals surface area (Å²) in [4.78, 5) is 0. The van der Waals surface area contributed by atoms with E-state index in [9.17, 15) is 0 Å². The average Bonchev–Trinajstić information content (AvgIpc) is 2.19. The first-order chi connectivity index (χ1) is 6.76. The maximum absolute atomic E-state index is 8.99. The highest BCUT2D eigenvalue weighted by molar-refractivity contribution is 6.30. The van der Waals surface area contributed by atoms with Gasteiger partial charge in [-0.25, -0.2) is 0 Å². The van der Waals surface area contributed by atoms with Crippen molar-refractivity contribution in [3.63, 3.8) is 0 Å². The van der Waals surface area contributed by atoms with Crippen LogP contribution in [0.2, 0.25) is 5.02 Å². The van der Waals surface area contributed by atoms with Gasteiger partial charge in [0.1, 0.15) is 0 Å². The fourth-order valence-electron chi connectivity index (χ4n) is 1.20. The zero-order valence-electron chi connectivity index (χ0n) is 8.33. The van der Waals surface area contributed by atoms with Crippen molar-refractivity contribution in [1.82, 2.24) is 0 Å². The van der Waals surface area contributed by atoms with E-state index in [2.05, 4.69) is 12.2 Å². The monoisotopic (exact) mass is 213 g/mol. The van der Waals surface area contributed by atoms with E-state index in [-0.39, 0.29) is 6.61 Å². The van der Waals surface area contributed by atoms with Crippen molar-refractivity contribution >= 4 is 17.3 Å². The van der Waals surface area contributed by atoms with Crippen molar-refractivity contribution in [3.05, 3.63) is 29.3 Å². The number of halogens is 1. The molecule has 0 aliphatic heterocycles. The molecule has 78 valence electrons. The van der Waals surface area contributed by atoms with Crippen molar-refractivity contribution in [2.45, 2.75) is 13.3 Å². The van der Waals surface area contributed by atoms with Gasteiger partial charge in [0.15, 0.2) is 0 Å². The summed E-state index contributed by atoms with van der Waals surface area (Å²) in [6.07, 6.45) is 0.976. The Morgan fingerprint density at radius 1 is 1.50 bits per heavy atom. The zero-order valence-corrected chi connectivity index (χ0v) is 9.09. The van der Waals surface area contributed by atoms with Gasteiger partial charge in [-0.05, 0) is 30.5 Å². The van der Waals surface area contributed by atoms with Crippen molar-refractivity contribution in [2.24, 2.45) is 5.92 Å². The quantitative estimate of drug-likeness (QED) is 0.789. The molecule has 0 saturated heterocycles. The Morgan fingerprint density at radius 2 is 2.29 bits per heavy atom. The molecule has 0 fully saturated rings. The van der Waals surface area contributed by atoms with Crippen molar-refractivity contribution in [1.29, 1.82) is 0 Å². The normalized spacial score (nSPS) is 12.5. The van der Waals surface area contributed by atoms with Gasteiger partial charge in [-0.2, -0.15) is 0 Å². The van der Waals surface area contributed by atoms with Gasteiger partial charge >= 0.3 is 0 Å². The summed E-state index contributed by atoms with van der Waals surface area (Å²) in [5, 5.41) is 13.0. The fraction of sp³-hybridized carbons (Fsp3) is 0.455. The van der Waals surface area contributed by atoms with Crippen LogP contribution in [0.15, 0.2) is 24.3 Å². The van der Waals surface area contributed by atoms with Crippen LogP contribution in [0.3, 0.4) is 0 Å². The molecule has 0 saturated carbocycles. The Labute approximate surface area is 89.9 Å². The average molecular weight is 214 g/mol. The second-order valence-corrected chi connectivity index (χ2v) is 3.78. The summed E-state index contributed by atoms with van der Waals surface area (Å²) < 4.78 is 0. The maximum Gasteiger partial charge on any atom is 0.0475 e. The standard InChI is InChI=1S/C11H16ClNO/c1-2-9(8-14)7-13-11-5-3-4-10(12)6-11/h3-6,9,13-14H,2,7-8H2,1H3. The molecule has 1 atom stereocenters. The maximum atomic E-state index is 8.99. The third-order valence-corrected chi connectivity index (χ3v) is 2.49. The Hall–Kier alpha value is -0.730. The summed E-state index contributed by atoms with van der Waals surface area (Å²) in [6, 6.07) is 7.60. The highest BCUT2D eigenvalue weighted by Crippen LogP contribution is 2.15. The molecule has 0 spiro atoms. The summed E-state index contributed by atoms with van der Waals surface area (Å²) in [5.41, 5.74) is 1.00. The summed E-state index contributed by atoms with van der Waals surface area (Å²) in [6.45, 7) is 3.08. The largest absolute Gasteiger partial charge is 0.396 e. The van der Waals surface area contributed by atoms with E-state index in [1.807, 2.05) is 24.3 Å². The fourth-order valence-corrected chi connectivity index (χ4v) is 1.39. The number of benzene rings is 1. The van der Waals surface area contributed by atoms with Crippen LogP contribution >= 0.6 is 11.6 Å². The highest BCUT2D eigenvalue weighted by atomic mass is 35.5. The van der Waals surface area contributed by atoms with Gasteiger partial charge in [-0.15, -0.1) is 0 Å². The van der Waals surface area contributed by atoms with Gasteiger partial charge in [0.25, 0.3) is 0 Å². The molecule has 14 heavy (non-hydrogen) atoms. The van der Waals surface area contributed by atoms with E-state index in [0.717, 1.165) is 23.7 Å². The minimum Gasteiger partial charge on any atom is -0.396 e. The minimum absolute atomic E-state index is 0.226. The van der Waals surface area contributed by atoms with Crippen molar-refractivity contribution in [3.8, 4) is 0 Å². The van der Waals surface area contributed by atoms with Crippen LogP contribution in [0.5, 0.6) is 0 Å². The smallest absolute Gasteiger partial charge is 0.0475 e. The Bertz CT molecular complexity index is 274. The Morgan fingerprint density at radius 3 is 2.86 bits per heavy atom. The summed E-state index contributed by atoms with van der Waals surface area (Å²) >= 11 is 5.84. The predicted molar refractivity (Wildman–Crippen MR) is 60.8 cm³/mol. The molecule has 3 heteroatoms. The third kappa shape index (κ3) is 3.56. The molecule has 0 radical (unpaired) electrons. The van der Waals surface area contributed by atoms with E-state index in [0.29, 0.717) is 5.92 Å². The third-order valence-electron chi connectivity index (χ3n) is 2.26. The van der Waals surface area contributed by atoms with Gasteiger partial charge in [-0.1, -0.05) is 24.6 Å². The molecule has 0 heterocycles. The lowest BCUT2D eigenvalue weighted by Crippen LogP contribution is -2.16. The molecule has 2 nitrogen and oxygen atoms in total. The minimum atomic E-state index is 0.226. The van der Waals surface area contributed by atoms with Crippen molar-refractivity contribution in [2.75, 3.05) is 18.5 Å². The van der Waals surface area contributed by atoms with Gasteiger partial charge in [0.2, 0.25) is 0 Å². The van der Waals surface area contributed by atoms with Crippen LogP contribution in [0.1, 0.15) is 13.3 Å². The number of hydrogen-bond donors (Lipinski definition) is 2. The number of nitrogens with one attached hydrogen (secondary N) is 1. The zero-order chi connectivity index (χ0) is 10.4. The first kappa shape index (κ1) is 11.3. The summed E-state index contributed by atoms with van der Waals surface area (Å²) in [7, 11) is 0. The van der Waals surface area contributed by atoms with Crippen molar-refractivity contribution < 1.29 is 5.11 Å². The van der Waals surface area contributed by atoms with E-state index in [4.69, 9.17) is 16.7 Å². The molecule has 0 amide bonds. The van der Waals surface area contributed by atoms with E-state index < -0.39 is 0 Å². The SMILES string of the molecule is CCC(CO)CNc1cccc(Cl)c1. The number of rotatable bonds is 5. The van der Waals surface area contributed by atoms with Crippen LogP contribution < -0.4 is 5.32 Å². The predicted octanol–water partition coefficient (Wildman–Crippen LogP) is 2.77. The number of anilines is 1. The first-order valence-electron chi connectivity index (χ1n) is 4.86. The lowest BCUT2D eigenvalue weighted by atomic mass is 10.1. The first-order valence-corrected chi connectivity index (χ1v) is 5.24. The molecule has 1 aromatic carbocycles. The van der Waals surface area contributed by atoms with Gasteiger partial charge in [0, 0.05) is 23.9 Å². The second-order valence-electron chi connectivity index (χ2n) is 3.35. The molecule has 1 rings (SSSR count). The molecule has 0 aromatic heterocycles. The molecule has 0 aliphatic rings. The topological polar surface area (TPSA) is 32.3 Å². The Balaban J connectivity index is 2.44. The Kier molecular flexibility index (Phi) is 4.77. The molecular weight excluding hydrogens is 198 g/mol. The van der Waals surface area contributed by atoms with Crippen LogP contribution in [0.25, 0.3) is 0 Å². The molecule has 0 bridgehead atoms. The van der Waals surface area contributed by atoms with E-state index in [1.165, 1.54) is 0 Å². The molecule has 1 aromatic rings. The lowest BCUT2D eigenvalue weighted by Gasteiger charge is -2.13. The lowest BCUT2D eigenvalue weighted by molar-refractivity contribution is 0.230. The number of aliphatic hydroxyl groups is 1. The van der Waals surface area contributed by atoms with Crippen LogP contribution in [0, 0.1) is 5.92 Å². The van der Waals surface area contributed by atoms with Gasteiger partial charge in [-0.3, -0.25) is 0 Å². The van der Waals surface area contributed by atoms with Crippen LogP contribution in [0.4, 0.5) is 5.69 Å². The van der Waals surface area contributed by atoms with Gasteiger partial charge < -0.3 is 10.4 Å². The van der Waals surface area contributed by atoms with E-state index >= 15 is 0 Å². The molecule has 2 N–H and O–H groups in total. The van der Waals surface area contributed by atoms with E-state index in [1.54, 1.807) is 0 Å². The number of aliphatic hydroxyl groups excluding tert-OH is 1.